The molecule has 126 valence electrons. The standard InChI is InChI=1S/C17H18ClN3O2S/c1-2-9-20-16(11-5-3-4-6-12(11)18)19-21(17(20)24)13-7-8-15-22-10-14(13)23-15/h2-6,13-15H,1,7-10H2. The van der Waals surface area contributed by atoms with Gasteiger partial charge in [-0.2, -0.15) is 5.10 Å². The number of nitrogens with zero attached hydrogens (tertiary/aromatic N) is 3. The van der Waals surface area contributed by atoms with Gasteiger partial charge in [-0.1, -0.05) is 29.8 Å². The third-order valence-corrected chi connectivity index (χ3v) is 5.26. The molecule has 0 aliphatic carbocycles. The normalized spacial score (nSPS) is 25.8. The van der Waals surface area contributed by atoms with Crippen LogP contribution in [0.2, 0.25) is 5.02 Å². The van der Waals surface area contributed by atoms with Crippen LogP contribution in [0.5, 0.6) is 0 Å². The van der Waals surface area contributed by atoms with E-state index in [0.717, 1.165) is 24.2 Å². The Balaban J connectivity index is 1.82. The van der Waals surface area contributed by atoms with Crippen LogP contribution in [0.4, 0.5) is 0 Å². The Kier molecular flexibility index (Phi) is 4.30. The highest BCUT2D eigenvalue weighted by Crippen LogP contribution is 2.36. The summed E-state index contributed by atoms with van der Waals surface area (Å²) in [6.07, 6.45) is 3.55. The van der Waals surface area contributed by atoms with Gasteiger partial charge in [0.2, 0.25) is 0 Å². The molecule has 2 bridgehead atoms. The van der Waals surface area contributed by atoms with E-state index < -0.39 is 0 Å². The van der Waals surface area contributed by atoms with Gasteiger partial charge in [0.05, 0.1) is 17.7 Å². The molecular formula is C17H18ClN3O2S. The van der Waals surface area contributed by atoms with Crippen molar-refractivity contribution in [3.8, 4) is 11.4 Å². The Labute approximate surface area is 150 Å². The molecule has 2 aliphatic rings. The first-order valence-corrected chi connectivity index (χ1v) is 8.80. The molecule has 24 heavy (non-hydrogen) atoms. The van der Waals surface area contributed by atoms with Gasteiger partial charge in [-0.15, -0.1) is 6.58 Å². The predicted molar refractivity (Wildman–Crippen MR) is 94.6 cm³/mol. The lowest BCUT2D eigenvalue weighted by atomic mass is 10.0. The summed E-state index contributed by atoms with van der Waals surface area (Å²) < 4.78 is 16.0. The molecule has 0 radical (unpaired) electrons. The van der Waals surface area contributed by atoms with E-state index in [-0.39, 0.29) is 18.4 Å². The highest BCUT2D eigenvalue weighted by Gasteiger charge is 2.40. The van der Waals surface area contributed by atoms with Crippen molar-refractivity contribution in [3.05, 3.63) is 46.7 Å². The summed E-state index contributed by atoms with van der Waals surface area (Å²) >= 11 is 12.1. The Morgan fingerprint density at radius 1 is 1.38 bits per heavy atom. The Morgan fingerprint density at radius 3 is 3.00 bits per heavy atom. The van der Waals surface area contributed by atoms with E-state index in [1.165, 1.54) is 0 Å². The van der Waals surface area contributed by atoms with Gasteiger partial charge in [0.1, 0.15) is 6.10 Å². The molecule has 0 N–H and O–H groups in total. The van der Waals surface area contributed by atoms with Crippen molar-refractivity contribution < 1.29 is 9.47 Å². The third kappa shape index (κ3) is 2.63. The van der Waals surface area contributed by atoms with Gasteiger partial charge in [0.25, 0.3) is 0 Å². The fraction of sp³-hybridized carbons (Fsp3) is 0.412. The molecule has 2 aliphatic heterocycles. The molecule has 1 aromatic heterocycles. The fourth-order valence-electron chi connectivity index (χ4n) is 3.37. The van der Waals surface area contributed by atoms with Crippen molar-refractivity contribution in [2.24, 2.45) is 0 Å². The molecule has 0 saturated carbocycles. The smallest absolute Gasteiger partial charge is 0.198 e. The van der Waals surface area contributed by atoms with Crippen LogP contribution in [-0.4, -0.2) is 33.3 Å². The topological polar surface area (TPSA) is 41.2 Å². The molecule has 2 fully saturated rings. The van der Waals surface area contributed by atoms with E-state index in [9.17, 15) is 0 Å². The number of allylic oxidation sites excluding steroid dienone is 1. The van der Waals surface area contributed by atoms with E-state index in [4.69, 9.17) is 38.4 Å². The van der Waals surface area contributed by atoms with Crippen LogP contribution >= 0.6 is 23.8 Å². The minimum absolute atomic E-state index is 0.00151. The summed E-state index contributed by atoms with van der Waals surface area (Å²) in [5, 5.41) is 5.46. The second-order valence-electron chi connectivity index (χ2n) is 6.01. The number of aromatic nitrogens is 3. The molecule has 0 amide bonds. The molecule has 3 unspecified atom stereocenters. The third-order valence-electron chi connectivity index (χ3n) is 4.53. The molecule has 1 aromatic carbocycles. The molecule has 0 spiro atoms. The number of ether oxygens (including phenoxy) is 2. The molecule has 2 aromatic rings. The Hall–Kier alpha value is -1.47. The number of hydrogen-bond donors (Lipinski definition) is 0. The zero-order chi connectivity index (χ0) is 16.7. The van der Waals surface area contributed by atoms with Crippen molar-refractivity contribution in [2.45, 2.75) is 37.8 Å². The summed E-state index contributed by atoms with van der Waals surface area (Å²) in [6, 6.07) is 7.75. The summed E-state index contributed by atoms with van der Waals surface area (Å²) in [5.41, 5.74) is 0.864. The molecule has 7 heteroatoms. The first-order chi connectivity index (χ1) is 11.7. The van der Waals surface area contributed by atoms with E-state index >= 15 is 0 Å². The highest BCUT2D eigenvalue weighted by molar-refractivity contribution is 7.71. The van der Waals surface area contributed by atoms with Crippen LogP contribution in [0, 0.1) is 4.77 Å². The van der Waals surface area contributed by atoms with Crippen molar-refractivity contribution in [3.63, 3.8) is 0 Å². The van der Waals surface area contributed by atoms with Crippen LogP contribution < -0.4 is 0 Å². The highest BCUT2D eigenvalue weighted by atomic mass is 35.5. The number of benzene rings is 1. The van der Waals surface area contributed by atoms with Crippen molar-refractivity contribution in [1.29, 1.82) is 0 Å². The van der Waals surface area contributed by atoms with Gasteiger partial charge in [-0.05, 0) is 30.8 Å². The van der Waals surface area contributed by atoms with Gasteiger partial charge in [-0.3, -0.25) is 4.57 Å². The van der Waals surface area contributed by atoms with Gasteiger partial charge in [0, 0.05) is 18.5 Å². The second kappa shape index (κ2) is 6.44. The van der Waals surface area contributed by atoms with Crippen LogP contribution in [0.15, 0.2) is 36.9 Å². The largest absolute Gasteiger partial charge is 0.350 e. The first-order valence-electron chi connectivity index (χ1n) is 8.01. The predicted octanol–water partition coefficient (Wildman–Crippen LogP) is 4.00. The van der Waals surface area contributed by atoms with Gasteiger partial charge in [0.15, 0.2) is 16.9 Å². The van der Waals surface area contributed by atoms with E-state index in [1.54, 1.807) is 0 Å². The van der Waals surface area contributed by atoms with Crippen LogP contribution in [0.3, 0.4) is 0 Å². The van der Waals surface area contributed by atoms with E-state index in [1.807, 2.05) is 39.6 Å². The van der Waals surface area contributed by atoms with E-state index in [2.05, 4.69) is 6.58 Å². The maximum atomic E-state index is 6.37. The summed E-state index contributed by atoms with van der Waals surface area (Å²) in [6.45, 7) is 5.00. The average Bonchev–Trinajstić information content (AvgIpc) is 3.11. The molecule has 3 atom stereocenters. The maximum absolute atomic E-state index is 6.37. The zero-order valence-corrected chi connectivity index (χ0v) is 14.7. The van der Waals surface area contributed by atoms with Gasteiger partial charge >= 0.3 is 0 Å². The van der Waals surface area contributed by atoms with Crippen LogP contribution in [0.25, 0.3) is 11.4 Å². The fourth-order valence-corrected chi connectivity index (χ4v) is 3.92. The SMILES string of the molecule is C=CCn1c(-c2ccccc2Cl)nn(C2CCC3OCC2O3)c1=S. The average molecular weight is 364 g/mol. The second-order valence-corrected chi connectivity index (χ2v) is 6.78. The van der Waals surface area contributed by atoms with Crippen molar-refractivity contribution >= 4 is 23.8 Å². The molecule has 5 nitrogen and oxygen atoms in total. The Bertz CT molecular complexity index is 831. The van der Waals surface area contributed by atoms with Crippen molar-refractivity contribution in [1.82, 2.24) is 14.3 Å². The lowest BCUT2D eigenvalue weighted by Gasteiger charge is -2.27. The number of rotatable bonds is 4. The quantitative estimate of drug-likeness (QED) is 0.608. The van der Waals surface area contributed by atoms with Crippen LogP contribution in [-0.2, 0) is 16.0 Å². The minimum atomic E-state index is -0.0706. The Morgan fingerprint density at radius 2 is 2.21 bits per heavy atom. The lowest BCUT2D eigenvalue weighted by molar-refractivity contribution is -0.0974. The van der Waals surface area contributed by atoms with E-state index in [0.29, 0.717) is 22.9 Å². The molecule has 2 saturated heterocycles. The number of hydrogen-bond acceptors (Lipinski definition) is 4. The van der Waals surface area contributed by atoms with Crippen molar-refractivity contribution in [2.75, 3.05) is 6.61 Å². The molecular weight excluding hydrogens is 346 g/mol. The summed E-state index contributed by atoms with van der Waals surface area (Å²) in [7, 11) is 0. The lowest BCUT2D eigenvalue weighted by Crippen LogP contribution is -2.32. The number of halogens is 1. The number of fused-ring (bicyclic) bond motifs is 2. The maximum Gasteiger partial charge on any atom is 0.198 e. The van der Waals surface area contributed by atoms with Gasteiger partial charge in [-0.25, -0.2) is 4.68 Å². The van der Waals surface area contributed by atoms with Gasteiger partial charge < -0.3 is 9.47 Å². The first kappa shape index (κ1) is 16.0. The monoisotopic (exact) mass is 363 g/mol. The zero-order valence-electron chi connectivity index (χ0n) is 13.1. The summed E-state index contributed by atoms with van der Waals surface area (Å²) in [4.78, 5) is 0. The molecule has 4 rings (SSSR count). The minimum Gasteiger partial charge on any atom is -0.350 e. The summed E-state index contributed by atoms with van der Waals surface area (Å²) in [5.74, 6) is 0.756. The molecule has 3 heterocycles. The van der Waals surface area contributed by atoms with Crippen LogP contribution in [0.1, 0.15) is 18.9 Å².